The number of aryl methyl sites for hydroxylation is 2. The van der Waals surface area contributed by atoms with Gasteiger partial charge in [0.15, 0.2) is 0 Å². The van der Waals surface area contributed by atoms with Gasteiger partial charge in [-0.2, -0.15) is 0 Å². The first-order valence-electron chi connectivity index (χ1n) is 6.70. The van der Waals surface area contributed by atoms with E-state index >= 15 is 0 Å². The van der Waals surface area contributed by atoms with Gasteiger partial charge in [0.2, 0.25) is 5.95 Å². The summed E-state index contributed by atoms with van der Waals surface area (Å²) in [7, 11) is 2.03. The fraction of sp³-hybridized carbons (Fsp3) is 0.714. The summed E-state index contributed by atoms with van der Waals surface area (Å²) < 4.78 is 0. The summed E-state index contributed by atoms with van der Waals surface area (Å²) in [5.41, 5.74) is 8.07. The van der Waals surface area contributed by atoms with E-state index in [9.17, 15) is 0 Å². The van der Waals surface area contributed by atoms with Gasteiger partial charge in [0, 0.05) is 25.0 Å². The molecule has 0 aliphatic rings. The van der Waals surface area contributed by atoms with Gasteiger partial charge in [-0.3, -0.25) is 0 Å². The number of nitrogens with two attached hydrogens (primary N) is 1. The Labute approximate surface area is 111 Å². The van der Waals surface area contributed by atoms with Crippen molar-refractivity contribution < 1.29 is 0 Å². The van der Waals surface area contributed by atoms with Crippen LogP contribution in [-0.2, 0) is 12.8 Å². The zero-order valence-electron chi connectivity index (χ0n) is 12.3. The minimum absolute atomic E-state index is 0.0761. The molecule has 0 unspecified atom stereocenters. The first kappa shape index (κ1) is 14.9. The van der Waals surface area contributed by atoms with E-state index in [0.29, 0.717) is 6.54 Å². The average molecular weight is 250 g/mol. The predicted octanol–water partition coefficient (Wildman–Crippen LogP) is 2.02. The Morgan fingerprint density at radius 3 is 2.06 bits per heavy atom. The molecule has 0 saturated carbocycles. The number of rotatable bonds is 6. The number of anilines is 1. The van der Waals surface area contributed by atoms with Crippen molar-refractivity contribution in [1.82, 2.24) is 9.97 Å². The van der Waals surface area contributed by atoms with Crippen LogP contribution in [0.1, 0.15) is 39.1 Å². The smallest absolute Gasteiger partial charge is 0.225 e. The Hall–Kier alpha value is -1.16. The fourth-order valence-corrected chi connectivity index (χ4v) is 1.85. The Morgan fingerprint density at radius 2 is 1.67 bits per heavy atom. The largest absolute Gasteiger partial charge is 0.343 e. The Kier molecular flexibility index (Phi) is 5.08. The van der Waals surface area contributed by atoms with Crippen LogP contribution in [-0.4, -0.2) is 30.1 Å². The highest BCUT2D eigenvalue weighted by Crippen LogP contribution is 2.18. The van der Waals surface area contributed by atoms with Crippen LogP contribution in [0.3, 0.4) is 0 Å². The van der Waals surface area contributed by atoms with Gasteiger partial charge >= 0.3 is 0 Å². The highest BCUT2D eigenvalue weighted by atomic mass is 15.2. The molecule has 18 heavy (non-hydrogen) atoms. The molecule has 0 bridgehead atoms. The lowest BCUT2D eigenvalue weighted by molar-refractivity contribution is 0.383. The molecule has 0 amide bonds. The molecule has 0 fully saturated rings. The van der Waals surface area contributed by atoms with E-state index in [-0.39, 0.29) is 5.41 Å². The van der Waals surface area contributed by atoms with Crippen molar-refractivity contribution >= 4 is 5.95 Å². The summed E-state index contributed by atoms with van der Waals surface area (Å²) in [6.45, 7) is 10.1. The second-order valence-corrected chi connectivity index (χ2v) is 5.58. The first-order valence-corrected chi connectivity index (χ1v) is 6.70. The lowest BCUT2D eigenvalue weighted by Crippen LogP contribution is -2.37. The van der Waals surface area contributed by atoms with Crippen molar-refractivity contribution in [2.45, 2.75) is 40.5 Å². The summed E-state index contributed by atoms with van der Waals surface area (Å²) in [5, 5.41) is 0. The average Bonchev–Trinajstić information content (AvgIpc) is 2.37. The molecule has 4 nitrogen and oxygen atoms in total. The van der Waals surface area contributed by atoms with E-state index in [1.165, 1.54) is 0 Å². The summed E-state index contributed by atoms with van der Waals surface area (Å²) in [6, 6.07) is 2.09. The van der Waals surface area contributed by atoms with Crippen molar-refractivity contribution in [3.63, 3.8) is 0 Å². The van der Waals surface area contributed by atoms with Crippen molar-refractivity contribution in [3.05, 3.63) is 17.5 Å². The van der Waals surface area contributed by atoms with Gasteiger partial charge in [0.05, 0.1) is 0 Å². The molecule has 1 aromatic heterocycles. The van der Waals surface area contributed by atoms with Crippen molar-refractivity contribution in [2.75, 3.05) is 25.0 Å². The Morgan fingerprint density at radius 1 is 1.17 bits per heavy atom. The summed E-state index contributed by atoms with van der Waals surface area (Å²) in [5.74, 6) is 0.813. The van der Waals surface area contributed by atoms with Gasteiger partial charge in [-0.05, 0) is 30.9 Å². The highest BCUT2D eigenvalue weighted by Gasteiger charge is 2.20. The number of hydrogen-bond acceptors (Lipinski definition) is 4. The summed E-state index contributed by atoms with van der Waals surface area (Å²) in [4.78, 5) is 11.3. The van der Waals surface area contributed by atoms with E-state index in [0.717, 1.165) is 36.7 Å². The normalized spacial score (nSPS) is 11.7. The van der Waals surface area contributed by atoms with Crippen molar-refractivity contribution in [2.24, 2.45) is 11.1 Å². The maximum absolute atomic E-state index is 5.78. The summed E-state index contributed by atoms with van der Waals surface area (Å²) >= 11 is 0. The lowest BCUT2D eigenvalue weighted by atomic mass is 9.93. The second-order valence-electron chi connectivity index (χ2n) is 5.58. The molecule has 0 radical (unpaired) electrons. The Balaban J connectivity index is 2.94. The Bertz CT molecular complexity index is 365. The van der Waals surface area contributed by atoms with Gasteiger partial charge < -0.3 is 10.6 Å². The summed E-state index contributed by atoms with van der Waals surface area (Å²) in [6.07, 6.45) is 1.88. The third-order valence-corrected chi connectivity index (χ3v) is 3.10. The SMILES string of the molecule is CCc1cc(CC)nc(N(C)CC(C)(C)CN)n1. The molecule has 0 aliphatic carbocycles. The lowest BCUT2D eigenvalue weighted by Gasteiger charge is -2.29. The van der Waals surface area contributed by atoms with E-state index in [1.807, 2.05) is 7.05 Å². The molecular weight excluding hydrogens is 224 g/mol. The van der Waals surface area contributed by atoms with E-state index in [1.54, 1.807) is 0 Å². The predicted molar refractivity (Wildman–Crippen MR) is 76.9 cm³/mol. The zero-order valence-corrected chi connectivity index (χ0v) is 12.3. The molecule has 0 spiro atoms. The van der Waals surface area contributed by atoms with Crippen LogP contribution in [0.25, 0.3) is 0 Å². The fourth-order valence-electron chi connectivity index (χ4n) is 1.85. The van der Waals surface area contributed by atoms with Crippen LogP contribution >= 0.6 is 0 Å². The van der Waals surface area contributed by atoms with Crippen LogP contribution in [0.5, 0.6) is 0 Å². The molecule has 102 valence electrons. The van der Waals surface area contributed by atoms with Crippen LogP contribution in [0, 0.1) is 5.41 Å². The minimum atomic E-state index is 0.0761. The first-order chi connectivity index (χ1) is 8.41. The van der Waals surface area contributed by atoms with Crippen molar-refractivity contribution in [1.29, 1.82) is 0 Å². The third kappa shape index (κ3) is 3.95. The van der Waals surface area contributed by atoms with Gasteiger partial charge in [-0.25, -0.2) is 9.97 Å². The number of nitrogens with zero attached hydrogens (tertiary/aromatic N) is 3. The molecule has 0 atom stereocenters. The van der Waals surface area contributed by atoms with Crippen LogP contribution in [0.4, 0.5) is 5.95 Å². The van der Waals surface area contributed by atoms with Crippen LogP contribution < -0.4 is 10.6 Å². The number of aromatic nitrogens is 2. The van der Waals surface area contributed by atoms with Crippen LogP contribution in [0.15, 0.2) is 6.07 Å². The third-order valence-electron chi connectivity index (χ3n) is 3.10. The maximum atomic E-state index is 5.78. The van der Waals surface area contributed by atoms with E-state index in [2.05, 4.69) is 48.6 Å². The molecule has 1 rings (SSSR count). The molecule has 0 aliphatic heterocycles. The van der Waals surface area contributed by atoms with Crippen LogP contribution in [0.2, 0.25) is 0 Å². The second kappa shape index (κ2) is 6.14. The topological polar surface area (TPSA) is 55.0 Å². The molecule has 1 aromatic rings. The molecular formula is C14H26N4. The van der Waals surface area contributed by atoms with Crippen molar-refractivity contribution in [3.8, 4) is 0 Å². The standard InChI is InChI=1S/C14H26N4/c1-6-11-8-12(7-2)17-13(16-11)18(5)10-14(3,4)9-15/h8H,6-7,9-10,15H2,1-5H3. The van der Waals surface area contributed by atoms with Gasteiger partial charge in [0.25, 0.3) is 0 Å². The van der Waals surface area contributed by atoms with Gasteiger partial charge in [-0.1, -0.05) is 27.7 Å². The minimum Gasteiger partial charge on any atom is -0.343 e. The molecule has 0 aromatic carbocycles. The molecule has 4 heteroatoms. The van der Waals surface area contributed by atoms with Gasteiger partial charge in [0.1, 0.15) is 0 Å². The molecule has 2 N–H and O–H groups in total. The highest BCUT2D eigenvalue weighted by molar-refractivity contribution is 5.32. The monoisotopic (exact) mass is 250 g/mol. The molecule has 1 heterocycles. The van der Waals surface area contributed by atoms with E-state index in [4.69, 9.17) is 5.73 Å². The number of hydrogen-bond donors (Lipinski definition) is 1. The maximum Gasteiger partial charge on any atom is 0.225 e. The van der Waals surface area contributed by atoms with E-state index < -0.39 is 0 Å². The molecule has 0 saturated heterocycles. The van der Waals surface area contributed by atoms with Gasteiger partial charge in [-0.15, -0.1) is 0 Å². The quantitative estimate of drug-likeness (QED) is 0.839. The zero-order chi connectivity index (χ0) is 13.8.